The lowest BCUT2D eigenvalue weighted by atomic mass is 10.2. The van der Waals surface area contributed by atoms with Crippen molar-refractivity contribution >= 4 is 29.1 Å². The van der Waals surface area contributed by atoms with Gasteiger partial charge in [-0.3, -0.25) is 20.2 Å². The Hall–Kier alpha value is -4.18. The third-order valence-electron chi connectivity index (χ3n) is 4.33. The van der Waals surface area contributed by atoms with Crippen molar-refractivity contribution in [1.29, 1.82) is 0 Å². The number of nitrogens with one attached hydrogen (secondary N) is 1. The van der Waals surface area contributed by atoms with E-state index < -0.39 is 10.8 Å². The van der Waals surface area contributed by atoms with Crippen LogP contribution < -0.4 is 10.1 Å². The van der Waals surface area contributed by atoms with Crippen molar-refractivity contribution < 1.29 is 18.9 Å². The second-order valence-corrected chi connectivity index (χ2v) is 7.04. The van der Waals surface area contributed by atoms with Crippen LogP contribution in [-0.2, 0) is 13.2 Å². The highest BCUT2D eigenvalue weighted by atomic mass is 35.5. The molecule has 4 aromatic rings. The Balaban J connectivity index is 1.35. The van der Waals surface area contributed by atoms with Gasteiger partial charge in [0.25, 0.3) is 11.6 Å². The predicted octanol–water partition coefficient (Wildman–Crippen LogP) is 4.31. The molecule has 0 saturated carbocycles. The monoisotopic (exact) mass is 453 g/mol. The Morgan fingerprint density at radius 3 is 2.78 bits per heavy atom. The Kier molecular flexibility index (Phi) is 6.13. The fourth-order valence-corrected chi connectivity index (χ4v) is 2.98. The van der Waals surface area contributed by atoms with E-state index in [9.17, 15) is 14.9 Å². The third kappa shape index (κ3) is 5.10. The fraction of sp³-hybridized carbons (Fsp3) is 0.0952. The van der Waals surface area contributed by atoms with Gasteiger partial charge in [0.15, 0.2) is 5.76 Å². The number of benzene rings is 2. The van der Waals surface area contributed by atoms with E-state index in [1.807, 2.05) is 30.3 Å². The number of amides is 1. The summed E-state index contributed by atoms with van der Waals surface area (Å²) >= 11 is 6.01. The van der Waals surface area contributed by atoms with Crippen molar-refractivity contribution in [2.45, 2.75) is 13.2 Å². The number of ether oxygens (including phenoxy) is 1. The molecule has 0 atom stereocenters. The molecule has 2 heterocycles. The van der Waals surface area contributed by atoms with Crippen molar-refractivity contribution in [2.75, 3.05) is 5.32 Å². The molecule has 11 heteroatoms. The van der Waals surface area contributed by atoms with Crippen molar-refractivity contribution in [3.05, 3.63) is 99.2 Å². The Morgan fingerprint density at radius 1 is 1.19 bits per heavy atom. The SMILES string of the molecule is O=C(Nc1ncn(Cc2ccccc2)n1)c1ccc(COc2cc([N+](=O)[O-])ccc2Cl)o1. The molecule has 0 fully saturated rings. The second kappa shape index (κ2) is 9.31. The normalized spacial score (nSPS) is 10.7. The molecule has 0 saturated heterocycles. The van der Waals surface area contributed by atoms with Crippen LogP contribution in [0.2, 0.25) is 5.02 Å². The minimum atomic E-state index is -0.548. The molecule has 2 aromatic heterocycles. The molecule has 0 aliphatic heterocycles. The third-order valence-corrected chi connectivity index (χ3v) is 4.64. The molecular weight excluding hydrogens is 438 g/mol. The summed E-state index contributed by atoms with van der Waals surface area (Å²) in [6.45, 7) is 0.449. The van der Waals surface area contributed by atoms with Crippen LogP contribution in [0.25, 0.3) is 0 Å². The lowest BCUT2D eigenvalue weighted by Gasteiger charge is -2.06. The van der Waals surface area contributed by atoms with E-state index in [-0.39, 0.29) is 34.8 Å². The highest BCUT2D eigenvalue weighted by molar-refractivity contribution is 6.32. The van der Waals surface area contributed by atoms with Crippen molar-refractivity contribution in [2.24, 2.45) is 0 Å². The number of anilines is 1. The summed E-state index contributed by atoms with van der Waals surface area (Å²) in [6.07, 6.45) is 1.52. The summed E-state index contributed by atoms with van der Waals surface area (Å²) in [6, 6.07) is 16.6. The van der Waals surface area contributed by atoms with Crippen LogP contribution in [0.15, 0.2) is 71.4 Å². The van der Waals surface area contributed by atoms with Crippen molar-refractivity contribution in [3.63, 3.8) is 0 Å². The van der Waals surface area contributed by atoms with Crippen LogP contribution in [0, 0.1) is 10.1 Å². The number of nitro groups is 1. The quantitative estimate of drug-likeness (QED) is 0.311. The molecule has 2 aromatic carbocycles. The van der Waals surface area contributed by atoms with Crippen LogP contribution in [-0.4, -0.2) is 25.6 Å². The van der Waals surface area contributed by atoms with Gasteiger partial charge >= 0.3 is 0 Å². The number of halogens is 1. The Morgan fingerprint density at radius 2 is 2.00 bits per heavy atom. The number of aromatic nitrogens is 3. The van der Waals surface area contributed by atoms with Gasteiger partial charge in [-0.2, -0.15) is 0 Å². The van der Waals surface area contributed by atoms with E-state index in [0.29, 0.717) is 12.3 Å². The zero-order valence-electron chi connectivity index (χ0n) is 16.5. The zero-order chi connectivity index (χ0) is 22.5. The molecule has 0 spiro atoms. The zero-order valence-corrected chi connectivity index (χ0v) is 17.2. The maximum atomic E-state index is 12.4. The largest absolute Gasteiger partial charge is 0.484 e. The molecule has 0 radical (unpaired) electrons. The summed E-state index contributed by atoms with van der Waals surface area (Å²) in [5.74, 6) is 0.121. The van der Waals surface area contributed by atoms with E-state index in [1.165, 1.54) is 30.6 Å². The van der Waals surface area contributed by atoms with Crippen LogP contribution in [0.5, 0.6) is 5.75 Å². The summed E-state index contributed by atoms with van der Waals surface area (Å²) in [5.41, 5.74) is 0.901. The van der Waals surface area contributed by atoms with Crippen molar-refractivity contribution in [3.8, 4) is 5.75 Å². The molecule has 0 unspecified atom stereocenters. The van der Waals surface area contributed by atoms with Crippen molar-refractivity contribution in [1.82, 2.24) is 14.8 Å². The lowest BCUT2D eigenvalue weighted by Crippen LogP contribution is -2.12. The topological polar surface area (TPSA) is 125 Å². The van der Waals surface area contributed by atoms with Crippen LogP contribution >= 0.6 is 11.6 Å². The van der Waals surface area contributed by atoms with E-state index in [1.54, 1.807) is 10.7 Å². The molecule has 0 aliphatic rings. The molecule has 32 heavy (non-hydrogen) atoms. The minimum Gasteiger partial charge on any atom is -0.484 e. The second-order valence-electron chi connectivity index (χ2n) is 6.63. The van der Waals surface area contributed by atoms with Gasteiger partial charge in [-0.15, -0.1) is 5.10 Å². The first-order valence-electron chi connectivity index (χ1n) is 9.38. The average molecular weight is 454 g/mol. The van der Waals surface area contributed by atoms with Gasteiger partial charge in [0.1, 0.15) is 24.4 Å². The standard InChI is InChI=1S/C21H16ClN5O5/c22-17-8-6-15(27(29)30)10-19(17)31-12-16-7-9-18(32-16)20(28)24-21-23-13-26(25-21)11-14-4-2-1-3-5-14/h1-10,13H,11-12H2,(H,24,25,28). The van der Waals surface area contributed by atoms with Crippen LogP contribution in [0.3, 0.4) is 0 Å². The smallest absolute Gasteiger partial charge is 0.293 e. The molecule has 4 rings (SSSR count). The highest BCUT2D eigenvalue weighted by Crippen LogP contribution is 2.29. The first kappa shape index (κ1) is 21.1. The van der Waals surface area contributed by atoms with Crippen LogP contribution in [0.1, 0.15) is 21.9 Å². The van der Waals surface area contributed by atoms with E-state index >= 15 is 0 Å². The number of non-ortho nitro benzene ring substituents is 1. The van der Waals surface area contributed by atoms with E-state index in [2.05, 4.69) is 15.4 Å². The van der Waals surface area contributed by atoms with E-state index in [0.717, 1.165) is 5.56 Å². The predicted molar refractivity (Wildman–Crippen MR) is 115 cm³/mol. The van der Waals surface area contributed by atoms with Gasteiger partial charge in [-0.25, -0.2) is 9.67 Å². The number of nitrogens with zero attached hydrogens (tertiary/aromatic N) is 4. The number of carbonyl (C=O) groups excluding carboxylic acids is 1. The number of rotatable bonds is 8. The van der Waals surface area contributed by atoms with Crippen LogP contribution in [0.4, 0.5) is 11.6 Å². The molecular formula is C21H16ClN5O5. The summed E-state index contributed by atoms with van der Waals surface area (Å²) < 4.78 is 12.6. The summed E-state index contributed by atoms with van der Waals surface area (Å²) in [4.78, 5) is 26.8. The van der Waals surface area contributed by atoms with Gasteiger partial charge < -0.3 is 9.15 Å². The number of hydrogen-bond donors (Lipinski definition) is 1. The summed E-state index contributed by atoms with van der Waals surface area (Å²) in [5, 5.41) is 17.9. The van der Waals surface area contributed by atoms with Gasteiger partial charge in [-0.1, -0.05) is 41.9 Å². The van der Waals surface area contributed by atoms with Gasteiger partial charge in [0, 0.05) is 6.07 Å². The van der Waals surface area contributed by atoms with Gasteiger partial charge in [0.2, 0.25) is 5.95 Å². The first-order chi connectivity index (χ1) is 15.5. The molecule has 10 nitrogen and oxygen atoms in total. The maximum Gasteiger partial charge on any atom is 0.293 e. The maximum absolute atomic E-state index is 12.4. The molecule has 0 aliphatic carbocycles. The first-order valence-corrected chi connectivity index (χ1v) is 9.76. The molecule has 1 N–H and O–H groups in total. The lowest BCUT2D eigenvalue weighted by molar-refractivity contribution is -0.384. The number of hydrogen-bond acceptors (Lipinski definition) is 7. The Labute approximate surface area is 186 Å². The summed E-state index contributed by atoms with van der Waals surface area (Å²) in [7, 11) is 0. The van der Waals surface area contributed by atoms with Gasteiger partial charge in [0.05, 0.1) is 22.6 Å². The fourth-order valence-electron chi connectivity index (χ4n) is 2.80. The Bertz CT molecular complexity index is 1250. The van der Waals surface area contributed by atoms with Gasteiger partial charge in [-0.05, 0) is 23.8 Å². The van der Waals surface area contributed by atoms with E-state index in [4.69, 9.17) is 20.8 Å². The number of nitro benzene ring substituents is 1. The average Bonchev–Trinajstić information content (AvgIpc) is 3.43. The number of furan rings is 1. The highest BCUT2D eigenvalue weighted by Gasteiger charge is 2.15. The minimum absolute atomic E-state index is 0.0353. The molecule has 1 amide bonds. The molecule has 0 bridgehead atoms. The molecule has 162 valence electrons. The number of carbonyl (C=O) groups is 1.